The van der Waals surface area contributed by atoms with E-state index >= 15 is 0 Å². The topological polar surface area (TPSA) is 78.4 Å². The molecule has 110 valence electrons. The molecule has 1 fully saturated rings. The molecule has 0 unspecified atom stereocenters. The summed E-state index contributed by atoms with van der Waals surface area (Å²) in [5, 5.41) is 17.2. The van der Waals surface area contributed by atoms with Gasteiger partial charge in [0.2, 0.25) is 5.91 Å². The highest BCUT2D eigenvalue weighted by Gasteiger charge is 2.24. The van der Waals surface area contributed by atoms with E-state index in [1.54, 1.807) is 6.07 Å². The predicted octanol–water partition coefficient (Wildman–Crippen LogP) is 1.29. The third-order valence-corrected chi connectivity index (χ3v) is 4.33. The van der Waals surface area contributed by atoms with Crippen LogP contribution in [0.3, 0.4) is 0 Å². The number of aliphatic hydroxyl groups is 1. The molecule has 5 nitrogen and oxygen atoms in total. The largest absolute Gasteiger partial charge is 0.391 e. The van der Waals surface area contributed by atoms with Gasteiger partial charge in [0.1, 0.15) is 0 Å². The Morgan fingerprint density at radius 2 is 2.15 bits per heavy atom. The smallest absolute Gasteiger partial charge is 0.261 e. The monoisotopic (exact) mass is 296 g/mol. The summed E-state index contributed by atoms with van der Waals surface area (Å²) in [6.07, 6.45) is 3.43. The number of thiophene rings is 1. The second kappa shape index (κ2) is 7.40. The molecule has 6 heteroatoms. The summed E-state index contributed by atoms with van der Waals surface area (Å²) in [7, 11) is 0. The second-order valence-electron chi connectivity index (χ2n) is 5.01. The average molecular weight is 296 g/mol. The lowest BCUT2D eigenvalue weighted by Crippen LogP contribution is -2.45. The van der Waals surface area contributed by atoms with Gasteiger partial charge in [0, 0.05) is 13.0 Å². The molecule has 0 saturated heterocycles. The first kappa shape index (κ1) is 15.0. The molecule has 3 N–H and O–H groups in total. The van der Waals surface area contributed by atoms with Crippen molar-refractivity contribution in [2.45, 2.75) is 44.2 Å². The average Bonchev–Trinajstić information content (AvgIpc) is 2.95. The first-order chi connectivity index (χ1) is 9.66. The van der Waals surface area contributed by atoms with Gasteiger partial charge in [-0.15, -0.1) is 11.3 Å². The first-order valence-electron chi connectivity index (χ1n) is 6.96. The van der Waals surface area contributed by atoms with Crippen molar-refractivity contribution in [3.8, 4) is 0 Å². The summed E-state index contributed by atoms with van der Waals surface area (Å²) < 4.78 is 0. The van der Waals surface area contributed by atoms with Crippen LogP contribution in [0.5, 0.6) is 0 Å². The molecular formula is C14H20N2O3S. The van der Waals surface area contributed by atoms with Gasteiger partial charge in [-0.2, -0.15) is 0 Å². The highest BCUT2D eigenvalue weighted by atomic mass is 32.1. The van der Waals surface area contributed by atoms with Crippen LogP contribution < -0.4 is 10.6 Å². The van der Waals surface area contributed by atoms with Gasteiger partial charge in [0.15, 0.2) is 0 Å². The summed E-state index contributed by atoms with van der Waals surface area (Å²) in [6.45, 7) is 0.311. The van der Waals surface area contributed by atoms with Gasteiger partial charge in [-0.05, 0) is 24.3 Å². The second-order valence-corrected chi connectivity index (χ2v) is 5.96. The van der Waals surface area contributed by atoms with Crippen molar-refractivity contribution >= 4 is 23.2 Å². The summed E-state index contributed by atoms with van der Waals surface area (Å²) in [5.41, 5.74) is 0. The first-order valence-corrected chi connectivity index (χ1v) is 7.84. The van der Waals surface area contributed by atoms with E-state index in [1.807, 2.05) is 11.4 Å². The van der Waals surface area contributed by atoms with Crippen molar-refractivity contribution in [3.05, 3.63) is 22.4 Å². The fraction of sp³-hybridized carbons (Fsp3) is 0.571. The minimum absolute atomic E-state index is 0.123. The maximum atomic E-state index is 11.8. The van der Waals surface area contributed by atoms with E-state index in [1.165, 1.54) is 11.3 Å². The van der Waals surface area contributed by atoms with Crippen LogP contribution in [0.4, 0.5) is 0 Å². The van der Waals surface area contributed by atoms with Crippen molar-refractivity contribution in [1.82, 2.24) is 10.6 Å². The zero-order valence-corrected chi connectivity index (χ0v) is 12.1. The molecule has 2 amide bonds. The maximum Gasteiger partial charge on any atom is 0.261 e. The Labute approximate surface area is 122 Å². The van der Waals surface area contributed by atoms with Crippen LogP contribution in [-0.2, 0) is 4.79 Å². The molecule has 1 aliphatic carbocycles. The highest BCUT2D eigenvalue weighted by molar-refractivity contribution is 7.12. The van der Waals surface area contributed by atoms with Crippen molar-refractivity contribution in [2.24, 2.45) is 0 Å². The van der Waals surface area contributed by atoms with E-state index in [0.717, 1.165) is 25.7 Å². The van der Waals surface area contributed by atoms with E-state index in [0.29, 0.717) is 11.4 Å². The summed E-state index contributed by atoms with van der Waals surface area (Å²) in [4.78, 5) is 24.1. The van der Waals surface area contributed by atoms with Crippen LogP contribution in [0.25, 0.3) is 0 Å². The number of carbonyl (C=O) groups is 2. The van der Waals surface area contributed by atoms with Gasteiger partial charge in [-0.3, -0.25) is 9.59 Å². The summed E-state index contributed by atoms with van der Waals surface area (Å²) >= 11 is 1.37. The molecule has 1 aromatic heterocycles. The fourth-order valence-electron chi connectivity index (χ4n) is 2.34. The van der Waals surface area contributed by atoms with Gasteiger partial charge in [0.25, 0.3) is 5.91 Å². The van der Waals surface area contributed by atoms with Crippen LogP contribution in [-0.4, -0.2) is 35.6 Å². The number of hydrogen-bond acceptors (Lipinski definition) is 4. The number of carbonyl (C=O) groups excluding carboxylic acids is 2. The third kappa shape index (κ3) is 4.31. The quantitative estimate of drug-likeness (QED) is 0.766. The number of amides is 2. The molecule has 20 heavy (non-hydrogen) atoms. The Kier molecular flexibility index (Phi) is 5.55. The number of rotatable bonds is 5. The Hall–Kier alpha value is -1.40. The molecule has 0 aliphatic heterocycles. The Bertz CT molecular complexity index is 447. The van der Waals surface area contributed by atoms with E-state index in [-0.39, 0.29) is 24.3 Å². The van der Waals surface area contributed by atoms with Crippen LogP contribution >= 0.6 is 11.3 Å². The lowest BCUT2D eigenvalue weighted by Gasteiger charge is -2.28. The van der Waals surface area contributed by atoms with Crippen molar-refractivity contribution in [1.29, 1.82) is 0 Å². The molecule has 0 radical (unpaired) electrons. The molecule has 1 saturated carbocycles. The molecule has 0 spiro atoms. The lowest BCUT2D eigenvalue weighted by molar-refractivity contribution is -0.122. The van der Waals surface area contributed by atoms with Crippen molar-refractivity contribution < 1.29 is 14.7 Å². The van der Waals surface area contributed by atoms with Crippen LogP contribution in [0.15, 0.2) is 17.5 Å². The zero-order chi connectivity index (χ0) is 14.4. The van der Waals surface area contributed by atoms with E-state index in [9.17, 15) is 14.7 Å². The number of nitrogens with one attached hydrogen (secondary N) is 2. The standard InChI is InChI=1S/C14H20N2O3S/c17-11-5-2-1-4-10(11)16-13(18)7-8-15-14(19)12-6-3-9-20-12/h3,6,9-11,17H,1-2,4-5,7-8H2,(H,15,19)(H,16,18)/t10-,11-/m0/s1. The molecule has 1 aromatic rings. The summed E-state index contributed by atoms with van der Waals surface area (Å²) in [5.74, 6) is -0.270. The minimum Gasteiger partial charge on any atom is -0.391 e. The molecule has 1 heterocycles. The van der Waals surface area contributed by atoms with E-state index < -0.39 is 6.10 Å². The highest BCUT2D eigenvalue weighted by Crippen LogP contribution is 2.18. The van der Waals surface area contributed by atoms with Crippen LogP contribution in [0, 0.1) is 0 Å². The van der Waals surface area contributed by atoms with Crippen LogP contribution in [0.1, 0.15) is 41.8 Å². The molecule has 2 atom stereocenters. The number of aliphatic hydroxyl groups excluding tert-OH is 1. The van der Waals surface area contributed by atoms with Gasteiger partial charge in [-0.1, -0.05) is 18.9 Å². The lowest BCUT2D eigenvalue weighted by atomic mass is 9.92. The number of hydrogen-bond donors (Lipinski definition) is 3. The van der Waals surface area contributed by atoms with Gasteiger partial charge >= 0.3 is 0 Å². The molecule has 0 bridgehead atoms. The Balaban J connectivity index is 1.66. The Morgan fingerprint density at radius 1 is 1.35 bits per heavy atom. The normalized spacial score (nSPS) is 22.2. The van der Waals surface area contributed by atoms with Gasteiger partial charge in [-0.25, -0.2) is 0 Å². The van der Waals surface area contributed by atoms with E-state index in [2.05, 4.69) is 10.6 Å². The van der Waals surface area contributed by atoms with Crippen molar-refractivity contribution in [2.75, 3.05) is 6.54 Å². The zero-order valence-electron chi connectivity index (χ0n) is 11.3. The van der Waals surface area contributed by atoms with Crippen molar-refractivity contribution in [3.63, 3.8) is 0 Å². The summed E-state index contributed by atoms with van der Waals surface area (Å²) in [6, 6.07) is 3.43. The third-order valence-electron chi connectivity index (χ3n) is 3.46. The van der Waals surface area contributed by atoms with Crippen LogP contribution in [0.2, 0.25) is 0 Å². The molecular weight excluding hydrogens is 276 g/mol. The molecule has 0 aromatic carbocycles. The molecule has 1 aliphatic rings. The van der Waals surface area contributed by atoms with Gasteiger partial charge < -0.3 is 15.7 Å². The molecule has 2 rings (SSSR count). The fourth-order valence-corrected chi connectivity index (χ4v) is 2.98. The Morgan fingerprint density at radius 3 is 2.85 bits per heavy atom. The maximum absolute atomic E-state index is 11.8. The predicted molar refractivity (Wildman–Crippen MR) is 77.7 cm³/mol. The SMILES string of the molecule is O=C(CCNC(=O)c1cccs1)N[C@H]1CCCC[C@@H]1O. The van der Waals surface area contributed by atoms with Gasteiger partial charge in [0.05, 0.1) is 17.0 Å². The van der Waals surface area contributed by atoms with E-state index in [4.69, 9.17) is 0 Å². The minimum atomic E-state index is -0.437.